The number of aryl methyl sites for hydroxylation is 2. The quantitative estimate of drug-likeness (QED) is 0.680. The molecule has 3 aromatic rings. The number of ether oxygens (including phenoxy) is 1. The van der Waals surface area contributed by atoms with Crippen molar-refractivity contribution >= 4 is 5.97 Å². The van der Waals surface area contributed by atoms with Gasteiger partial charge in [-0.2, -0.15) is 0 Å². The fourth-order valence-electron chi connectivity index (χ4n) is 2.92. The van der Waals surface area contributed by atoms with E-state index in [-0.39, 0.29) is 0 Å². The number of carboxylic acids is 1. The summed E-state index contributed by atoms with van der Waals surface area (Å²) in [6.45, 7) is 3.99. The van der Waals surface area contributed by atoms with Crippen LogP contribution in [0.4, 0.5) is 0 Å². The topological polar surface area (TPSA) is 46.5 Å². The van der Waals surface area contributed by atoms with Crippen LogP contribution in [0.15, 0.2) is 72.8 Å². The van der Waals surface area contributed by atoms with Crippen LogP contribution in [-0.2, 0) is 11.2 Å². The smallest absolute Gasteiger partial charge is 0.345 e. The molecule has 132 valence electrons. The zero-order valence-electron chi connectivity index (χ0n) is 15.0. The molecule has 0 saturated carbocycles. The number of rotatable bonds is 6. The van der Waals surface area contributed by atoms with E-state index in [0.717, 1.165) is 27.8 Å². The van der Waals surface area contributed by atoms with E-state index < -0.39 is 12.1 Å². The average Bonchev–Trinajstić information content (AvgIpc) is 2.65. The van der Waals surface area contributed by atoms with E-state index in [1.807, 2.05) is 86.6 Å². The molecule has 3 rings (SSSR count). The van der Waals surface area contributed by atoms with Gasteiger partial charge in [-0.1, -0.05) is 66.2 Å². The van der Waals surface area contributed by atoms with Gasteiger partial charge in [0.15, 0.2) is 6.10 Å². The molecule has 0 unspecified atom stereocenters. The Morgan fingerprint density at radius 2 is 1.58 bits per heavy atom. The molecule has 26 heavy (non-hydrogen) atoms. The van der Waals surface area contributed by atoms with E-state index in [0.29, 0.717) is 12.2 Å². The number of carboxylic acid groups (broad SMARTS) is 1. The average molecular weight is 346 g/mol. The predicted molar refractivity (Wildman–Crippen MR) is 104 cm³/mol. The SMILES string of the molecule is Cc1ccc(C)c(C[C@@H](Oc2ccc(-c3ccccc3)cc2)C(=O)O)c1. The lowest BCUT2D eigenvalue weighted by Crippen LogP contribution is -2.29. The van der Waals surface area contributed by atoms with Crippen LogP contribution >= 0.6 is 0 Å². The highest BCUT2D eigenvalue weighted by Gasteiger charge is 2.21. The molecule has 0 spiro atoms. The van der Waals surface area contributed by atoms with Gasteiger partial charge in [-0.3, -0.25) is 0 Å². The minimum Gasteiger partial charge on any atom is -0.478 e. The molecule has 3 aromatic carbocycles. The second-order valence-electron chi connectivity index (χ2n) is 6.47. The Morgan fingerprint density at radius 1 is 0.923 bits per heavy atom. The highest BCUT2D eigenvalue weighted by molar-refractivity contribution is 5.73. The van der Waals surface area contributed by atoms with Gasteiger partial charge in [0.05, 0.1) is 0 Å². The van der Waals surface area contributed by atoms with Crippen molar-refractivity contribution < 1.29 is 14.6 Å². The predicted octanol–water partition coefficient (Wildman–Crippen LogP) is 5.05. The first kappa shape index (κ1) is 17.7. The van der Waals surface area contributed by atoms with E-state index in [4.69, 9.17) is 4.74 Å². The first-order valence-electron chi connectivity index (χ1n) is 8.64. The number of aliphatic carboxylic acids is 1. The van der Waals surface area contributed by atoms with Gasteiger partial charge in [0.2, 0.25) is 0 Å². The van der Waals surface area contributed by atoms with Crippen molar-refractivity contribution in [3.05, 3.63) is 89.5 Å². The summed E-state index contributed by atoms with van der Waals surface area (Å²) < 4.78 is 5.77. The molecule has 0 bridgehead atoms. The van der Waals surface area contributed by atoms with Gasteiger partial charge in [0, 0.05) is 6.42 Å². The fourth-order valence-corrected chi connectivity index (χ4v) is 2.92. The Bertz CT molecular complexity index is 883. The van der Waals surface area contributed by atoms with Crippen LogP contribution in [0, 0.1) is 13.8 Å². The molecular formula is C23H22O3. The highest BCUT2D eigenvalue weighted by atomic mass is 16.5. The number of hydrogen-bond acceptors (Lipinski definition) is 2. The molecular weight excluding hydrogens is 324 g/mol. The van der Waals surface area contributed by atoms with Crippen molar-refractivity contribution in [1.29, 1.82) is 0 Å². The van der Waals surface area contributed by atoms with Crippen LogP contribution in [0.25, 0.3) is 11.1 Å². The third-order valence-corrected chi connectivity index (χ3v) is 4.43. The Labute approximate surface area is 153 Å². The maximum atomic E-state index is 11.7. The van der Waals surface area contributed by atoms with Crippen LogP contribution in [-0.4, -0.2) is 17.2 Å². The van der Waals surface area contributed by atoms with E-state index in [1.165, 1.54) is 0 Å². The van der Waals surface area contributed by atoms with E-state index in [9.17, 15) is 9.90 Å². The molecule has 0 fully saturated rings. The summed E-state index contributed by atoms with van der Waals surface area (Å²) in [5, 5.41) is 9.56. The Hall–Kier alpha value is -3.07. The molecule has 0 radical (unpaired) electrons. The summed E-state index contributed by atoms with van der Waals surface area (Å²) >= 11 is 0. The van der Waals surface area contributed by atoms with Crippen LogP contribution in [0.3, 0.4) is 0 Å². The maximum absolute atomic E-state index is 11.7. The maximum Gasteiger partial charge on any atom is 0.345 e. The van der Waals surface area contributed by atoms with Crippen molar-refractivity contribution in [3.63, 3.8) is 0 Å². The van der Waals surface area contributed by atoms with Crippen molar-refractivity contribution in [1.82, 2.24) is 0 Å². The van der Waals surface area contributed by atoms with Crippen molar-refractivity contribution in [2.45, 2.75) is 26.4 Å². The lowest BCUT2D eigenvalue weighted by atomic mass is 10.00. The third kappa shape index (κ3) is 4.31. The van der Waals surface area contributed by atoms with Crippen molar-refractivity contribution in [2.24, 2.45) is 0 Å². The Morgan fingerprint density at radius 3 is 2.23 bits per heavy atom. The molecule has 0 aliphatic rings. The first-order chi connectivity index (χ1) is 12.5. The first-order valence-corrected chi connectivity index (χ1v) is 8.64. The molecule has 3 nitrogen and oxygen atoms in total. The van der Waals surface area contributed by atoms with E-state index in [1.54, 1.807) is 0 Å². The van der Waals surface area contributed by atoms with E-state index in [2.05, 4.69) is 0 Å². The molecule has 0 aliphatic carbocycles. The number of benzene rings is 3. The molecule has 1 N–H and O–H groups in total. The van der Waals surface area contributed by atoms with Crippen LogP contribution in [0.1, 0.15) is 16.7 Å². The van der Waals surface area contributed by atoms with E-state index >= 15 is 0 Å². The van der Waals surface area contributed by atoms with Gasteiger partial charge < -0.3 is 9.84 Å². The molecule has 0 saturated heterocycles. The molecule has 0 aliphatic heterocycles. The molecule has 1 atom stereocenters. The zero-order valence-corrected chi connectivity index (χ0v) is 15.0. The summed E-state index contributed by atoms with van der Waals surface area (Å²) in [6.07, 6.45) is -0.582. The fraction of sp³-hybridized carbons (Fsp3) is 0.174. The lowest BCUT2D eigenvalue weighted by molar-refractivity contribution is -0.145. The zero-order chi connectivity index (χ0) is 18.5. The largest absolute Gasteiger partial charge is 0.478 e. The summed E-state index contributed by atoms with van der Waals surface area (Å²) in [7, 11) is 0. The third-order valence-electron chi connectivity index (χ3n) is 4.43. The summed E-state index contributed by atoms with van der Waals surface area (Å²) in [6, 6.07) is 23.6. The Kier molecular flexibility index (Phi) is 5.37. The summed E-state index contributed by atoms with van der Waals surface area (Å²) in [4.78, 5) is 11.7. The minimum absolute atomic E-state index is 0.337. The Balaban J connectivity index is 1.76. The minimum atomic E-state index is -0.960. The summed E-state index contributed by atoms with van der Waals surface area (Å²) in [5.41, 5.74) is 5.37. The second kappa shape index (κ2) is 7.87. The molecule has 0 amide bonds. The van der Waals surface area contributed by atoms with Crippen LogP contribution < -0.4 is 4.74 Å². The van der Waals surface area contributed by atoms with Crippen molar-refractivity contribution in [3.8, 4) is 16.9 Å². The van der Waals surface area contributed by atoms with Gasteiger partial charge in [0.25, 0.3) is 0 Å². The molecule has 3 heteroatoms. The standard InChI is InChI=1S/C23H22O3/c1-16-8-9-17(2)20(14-16)15-22(23(24)25)26-21-12-10-19(11-13-21)18-6-4-3-5-7-18/h3-14,22H,15H2,1-2H3,(H,24,25)/t22-/m1/s1. The highest BCUT2D eigenvalue weighted by Crippen LogP contribution is 2.23. The molecule has 0 aromatic heterocycles. The summed E-state index contributed by atoms with van der Waals surface area (Å²) in [5.74, 6) is -0.402. The number of hydrogen-bond donors (Lipinski definition) is 1. The van der Waals surface area contributed by atoms with Gasteiger partial charge >= 0.3 is 5.97 Å². The number of carbonyl (C=O) groups is 1. The van der Waals surface area contributed by atoms with Gasteiger partial charge in [-0.15, -0.1) is 0 Å². The van der Waals surface area contributed by atoms with Crippen LogP contribution in [0.2, 0.25) is 0 Å². The van der Waals surface area contributed by atoms with Gasteiger partial charge in [0.1, 0.15) is 5.75 Å². The van der Waals surface area contributed by atoms with Crippen LogP contribution in [0.5, 0.6) is 5.75 Å². The van der Waals surface area contributed by atoms with Gasteiger partial charge in [-0.25, -0.2) is 4.79 Å². The molecule has 0 heterocycles. The monoisotopic (exact) mass is 346 g/mol. The van der Waals surface area contributed by atoms with Gasteiger partial charge in [-0.05, 0) is 48.2 Å². The second-order valence-corrected chi connectivity index (χ2v) is 6.47. The lowest BCUT2D eigenvalue weighted by Gasteiger charge is -2.17. The normalized spacial score (nSPS) is 11.8. The van der Waals surface area contributed by atoms with Crippen molar-refractivity contribution in [2.75, 3.05) is 0 Å².